The summed E-state index contributed by atoms with van der Waals surface area (Å²) in [6, 6.07) is 0. The third kappa shape index (κ3) is 1.24. The monoisotopic (exact) mass is 190 g/mol. The topological polar surface area (TPSA) is 37.5 Å². The Bertz CT molecular complexity index is 343. The van der Waals surface area contributed by atoms with Gasteiger partial charge in [-0.25, -0.2) is 4.98 Å². The van der Waals surface area contributed by atoms with Crippen LogP contribution in [0, 0.1) is 0 Å². The Hall–Kier alpha value is -0.580. The Kier molecular flexibility index (Phi) is 2.49. The highest BCUT2D eigenvalue weighted by Crippen LogP contribution is 2.14. The van der Waals surface area contributed by atoms with E-state index in [1.54, 1.807) is 23.9 Å². The fourth-order valence-corrected chi connectivity index (χ4v) is 1.73. The number of hydrogen-bond donors (Lipinski definition) is 1. The van der Waals surface area contributed by atoms with Gasteiger partial charge in [0.2, 0.25) is 0 Å². The number of halogens is 1. The summed E-state index contributed by atoms with van der Waals surface area (Å²) in [5.41, 5.74) is 0.900. The molecule has 0 saturated carbocycles. The number of hydrogen-bond acceptors (Lipinski definition) is 3. The minimum absolute atomic E-state index is 0. The van der Waals surface area contributed by atoms with Crippen molar-refractivity contribution in [2.24, 2.45) is 0 Å². The molecule has 2 aromatic heterocycles. The van der Waals surface area contributed by atoms with Gasteiger partial charge in [0, 0.05) is 5.38 Å². The van der Waals surface area contributed by atoms with E-state index in [4.69, 9.17) is 5.11 Å². The molecule has 0 atom stereocenters. The Labute approximate surface area is 73.7 Å². The van der Waals surface area contributed by atoms with E-state index in [0.29, 0.717) is 0 Å². The van der Waals surface area contributed by atoms with Gasteiger partial charge in [-0.3, -0.25) is 4.40 Å². The molecule has 0 radical (unpaired) electrons. The van der Waals surface area contributed by atoms with E-state index in [-0.39, 0.29) is 19.0 Å². The van der Waals surface area contributed by atoms with Crippen molar-refractivity contribution < 1.29 is 5.11 Å². The smallest absolute Gasteiger partial charge is 0.119 e. The first-order valence-corrected chi connectivity index (χ1v) is 3.79. The lowest BCUT2D eigenvalue weighted by Gasteiger charge is -1.88. The zero-order chi connectivity index (χ0) is 6.97. The van der Waals surface area contributed by atoms with Crippen LogP contribution in [0.2, 0.25) is 0 Å². The van der Waals surface area contributed by atoms with Crippen LogP contribution in [0.3, 0.4) is 0 Å². The Morgan fingerprint density at radius 1 is 1.64 bits per heavy atom. The molecule has 0 saturated heterocycles. The number of thiazole rings is 1. The number of rotatable bonds is 1. The molecule has 0 aromatic carbocycles. The van der Waals surface area contributed by atoms with Gasteiger partial charge in [-0.15, -0.1) is 23.7 Å². The van der Waals surface area contributed by atoms with Crippen LogP contribution < -0.4 is 0 Å². The molecule has 0 bridgehead atoms. The van der Waals surface area contributed by atoms with E-state index in [0.717, 1.165) is 10.5 Å². The van der Waals surface area contributed by atoms with Gasteiger partial charge in [-0.2, -0.15) is 0 Å². The first-order chi connectivity index (χ1) is 4.92. The quantitative estimate of drug-likeness (QED) is 0.737. The maximum absolute atomic E-state index is 8.80. The van der Waals surface area contributed by atoms with Gasteiger partial charge in [0.15, 0.2) is 0 Å². The van der Waals surface area contributed by atoms with Crippen LogP contribution in [-0.4, -0.2) is 14.5 Å². The van der Waals surface area contributed by atoms with E-state index in [9.17, 15) is 0 Å². The van der Waals surface area contributed by atoms with Gasteiger partial charge >= 0.3 is 0 Å². The predicted molar refractivity (Wildman–Crippen MR) is 46.2 cm³/mol. The summed E-state index contributed by atoms with van der Waals surface area (Å²) in [4.78, 5) is 5.01. The van der Waals surface area contributed by atoms with Crippen LogP contribution in [0.1, 0.15) is 5.69 Å². The fourth-order valence-electron chi connectivity index (χ4n) is 0.884. The molecule has 0 spiro atoms. The minimum atomic E-state index is 0. The molecule has 2 aromatic rings. The van der Waals surface area contributed by atoms with Gasteiger partial charge in [0.1, 0.15) is 11.2 Å². The van der Waals surface area contributed by atoms with Crippen LogP contribution in [0.5, 0.6) is 0 Å². The average molecular weight is 191 g/mol. The van der Waals surface area contributed by atoms with Crippen molar-refractivity contribution in [1.82, 2.24) is 9.38 Å². The molecular weight excluding hydrogens is 184 g/mol. The summed E-state index contributed by atoms with van der Waals surface area (Å²) in [5, 5.41) is 10.7. The molecule has 0 aliphatic carbocycles. The van der Waals surface area contributed by atoms with Gasteiger partial charge in [0.05, 0.1) is 18.5 Å². The summed E-state index contributed by atoms with van der Waals surface area (Å²) in [6.07, 6.45) is 3.49. The van der Waals surface area contributed by atoms with E-state index in [1.165, 1.54) is 0 Å². The van der Waals surface area contributed by atoms with E-state index in [1.807, 2.05) is 9.78 Å². The molecule has 0 unspecified atom stereocenters. The second-order valence-electron chi connectivity index (χ2n) is 1.99. The SMILES string of the molecule is Cl.OCc1csc2cncn12. The van der Waals surface area contributed by atoms with Crippen molar-refractivity contribution >= 4 is 28.6 Å². The highest BCUT2D eigenvalue weighted by Gasteiger charge is 1.99. The number of aromatic nitrogens is 2. The summed E-state index contributed by atoms with van der Waals surface area (Å²) in [6.45, 7) is 0.0797. The second kappa shape index (κ2) is 3.21. The third-order valence-corrected chi connectivity index (χ3v) is 2.33. The maximum Gasteiger partial charge on any atom is 0.119 e. The fraction of sp³-hybridized carbons (Fsp3) is 0.167. The molecule has 2 rings (SSSR count). The van der Waals surface area contributed by atoms with Crippen LogP contribution >= 0.6 is 23.7 Å². The second-order valence-corrected chi connectivity index (χ2v) is 2.88. The third-order valence-electron chi connectivity index (χ3n) is 1.39. The lowest BCUT2D eigenvalue weighted by molar-refractivity contribution is 0.276. The van der Waals surface area contributed by atoms with Crippen molar-refractivity contribution in [3.05, 3.63) is 23.6 Å². The molecule has 0 amide bonds. The van der Waals surface area contributed by atoms with Crippen LogP contribution in [0.25, 0.3) is 4.83 Å². The first kappa shape index (κ1) is 8.52. The molecule has 0 fully saturated rings. The Morgan fingerprint density at radius 2 is 2.45 bits per heavy atom. The number of fused-ring (bicyclic) bond motifs is 1. The molecule has 0 aliphatic heterocycles. The van der Waals surface area contributed by atoms with Gasteiger partial charge in [0.25, 0.3) is 0 Å². The van der Waals surface area contributed by atoms with Crippen molar-refractivity contribution in [2.75, 3.05) is 0 Å². The largest absolute Gasteiger partial charge is 0.390 e. The van der Waals surface area contributed by atoms with Crippen LogP contribution in [-0.2, 0) is 6.61 Å². The highest BCUT2D eigenvalue weighted by atomic mass is 35.5. The van der Waals surface area contributed by atoms with Crippen molar-refractivity contribution in [3.8, 4) is 0 Å². The molecular formula is C6H7ClN2OS. The molecule has 60 valence electrons. The number of aliphatic hydroxyl groups excluding tert-OH is 1. The van der Waals surface area contributed by atoms with E-state index < -0.39 is 0 Å². The highest BCUT2D eigenvalue weighted by molar-refractivity contribution is 7.15. The van der Waals surface area contributed by atoms with Gasteiger partial charge < -0.3 is 5.11 Å². The summed E-state index contributed by atoms with van der Waals surface area (Å²) in [7, 11) is 0. The number of nitrogens with zero attached hydrogens (tertiary/aromatic N) is 2. The maximum atomic E-state index is 8.80. The lowest BCUT2D eigenvalue weighted by Crippen LogP contribution is -1.86. The zero-order valence-electron chi connectivity index (χ0n) is 5.60. The normalized spacial score (nSPS) is 9.91. The van der Waals surface area contributed by atoms with E-state index in [2.05, 4.69) is 4.98 Å². The number of imidazole rings is 1. The Balaban J connectivity index is 0.000000605. The van der Waals surface area contributed by atoms with Crippen molar-refractivity contribution in [3.63, 3.8) is 0 Å². The number of aliphatic hydroxyl groups is 1. The first-order valence-electron chi connectivity index (χ1n) is 2.91. The molecule has 1 N–H and O–H groups in total. The predicted octanol–water partition coefficient (Wildman–Crippen LogP) is 1.31. The van der Waals surface area contributed by atoms with Crippen LogP contribution in [0.15, 0.2) is 17.9 Å². The molecule has 0 aliphatic rings. The summed E-state index contributed by atoms with van der Waals surface area (Å²) < 4.78 is 1.88. The summed E-state index contributed by atoms with van der Waals surface area (Å²) in [5.74, 6) is 0. The average Bonchev–Trinajstić information content (AvgIpc) is 2.44. The van der Waals surface area contributed by atoms with Crippen molar-refractivity contribution in [2.45, 2.75) is 6.61 Å². The zero-order valence-corrected chi connectivity index (χ0v) is 7.23. The molecule has 11 heavy (non-hydrogen) atoms. The Morgan fingerprint density at radius 3 is 3.18 bits per heavy atom. The van der Waals surface area contributed by atoms with E-state index >= 15 is 0 Å². The minimum Gasteiger partial charge on any atom is -0.390 e. The molecule has 3 nitrogen and oxygen atoms in total. The molecule has 2 heterocycles. The molecule has 5 heteroatoms. The van der Waals surface area contributed by atoms with Crippen LogP contribution in [0.4, 0.5) is 0 Å². The summed E-state index contributed by atoms with van der Waals surface area (Å²) >= 11 is 1.59. The van der Waals surface area contributed by atoms with Crippen molar-refractivity contribution in [1.29, 1.82) is 0 Å². The van der Waals surface area contributed by atoms with Gasteiger partial charge in [-0.05, 0) is 0 Å². The van der Waals surface area contributed by atoms with Gasteiger partial charge in [-0.1, -0.05) is 0 Å². The lowest BCUT2D eigenvalue weighted by atomic mass is 10.5. The standard InChI is InChI=1S/C6H6N2OS.ClH/c9-2-5-3-10-6-1-7-4-8(5)6;/h1,3-4,9H,2H2;1H.